The molecular formula is C24H27N5O5S. The van der Waals surface area contributed by atoms with E-state index in [4.69, 9.17) is 4.74 Å². The number of ether oxygens (including phenoxy) is 1. The molecule has 0 saturated carbocycles. The van der Waals surface area contributed by atoms with E-state index in [0.717, 1.165) is 30.4 Å². The Morgan fingerprint density at radius 3 is 2.26 bits per heavy atom. The second kappa shape index (κ2) is 11.3. The number of nitro groups is 1. The molecule has 0 saturated heterocycles. The highest BCUT2D eigenvalue weighted by Crippen LogP contribution is 2.29. The number of nitro benzene ring substituents is 1. The summed E-state index contributed by atoms with van der Waals surface area (Å²) in [5.41, 5.74) is 4.47. The summed E-state index contributed by atoms with van der Waals surface area (Å²) in [6.07, 6.45) is 1.53. The summed E-state index contributed by atoms with van der Waals surface area (Å²) in [5, 5.41) is 15.7. The van der Waals surface area contributed by atoms with E-state index in [0.29, 0.717) is 11.4 Å². The molecule has 0 aliphatic rings. The molecule has 0 spiro atoms. The minimum absolute atomic E-state index is 0.0643. The smallest absolute Gasteiger partial charge is 0.295 e. The van der Waals surface area contributed by atoms with Crippen LogP contribution in [0.15, 0.2) is 76.7 Å². The molecule has 184 valence electrons. The van der Waals surface area contributed by atoms with E-state index in [-0.39, 0.29) is 10.6 Å². The summed E-state index contributed by atoms with van der Waals surface area (Å²) < 4.78 is 32.9. The highest BCUT2D eigenvalue weighted by molar-refractivity contribution is 7.92. The van der Waals surface area contributed by atoms with Crippen molar-refractivity contribution in [2.45, 2.75) is 18.7 Å². The molecule has 0 amide bonds. The van der Waals surface area contributed by atoms with Gasteiger partial charge in [-0.25, -0.2) is 8.42 Å². The number of sulfonamides is 1. The Bertz CT molecular complexity index is 1290. The molecule has 10 nitrogen and oxygen atoms in total. The van der Waals surface area contributed by atoms with Crippen molar-refractivity contribution in [2.24, 2.45) is 5.10 Å². The lowest BCUT2D eigenvalue weighted by Crippen LogP contribution is -2.21. The van der Waals surface area contributed by atoms with Gasteiger partial charge in [-0.3, -0.25) is 20.3 Å². The van der Waals surface area contributed by atoms with Crippen molar-refractivity contribution in [2.75, 3.05) is 35.2 Å². The fourth-order valence-electron chi connectivity index (χ4n) is 3.33. The van der Waals surface area contributed by atoms with Crippen molar-refractivity contribution in [1.82, 2.24) is 0 Å². The van der Waals surface area contributed by atoms with Gasteiger partial charge in [-0.05, 0) is 67.9 Å². The van der Waals surface area contributed by atoms with Crippen LogP contribution in [0.5, 0.6) is 5.75 Å². The molecule has 3 rings (SSSR count). The van der Waals surface area contributed by atoms with E-state index in [2.05, 4.69) is 34.0 Å². The van der Waals surface area contributed by atoms with E-state index in [9.17, 15) is 18.5 Å². The van der Waals surface area contributed by atoms with Crippen LogP contribution >= 0.6 is 0 Å². The zero-order valence-electron chi connectivity index (χ0n) is 19.6. The van der Waals surface area contributed by atoms with Gasteiger partial charge in [0.2, 0.25) is 0 Å². The average Bonchev–Trinajstić information content (AvgIpc) is 2.86. The lowest BCUT2D eigenvalue weighted by molar-refractivity contribution is -0.384. The largest absolute Gasteiger partial charge is 0.497 e. The number of hydrogen-bond acceptors (Lipinski definition) is 8. The number of rotatable bonds is 11. The van der Waals surface area contributed by atoms with Crippen molar-refractivity contribution >= 4 is 39.0 Å². The predicted octanol–water partition coefficient (Wildman–Crippen LogP) is 4.70. The molecule has 35 heavy (non-hydrogen) atoms. The summed E-state index contributed by atoms with van der Waals surface area (Å²) in [6.45, 7) is 5.97. The van der Waals surface area contributed by atoms with E-state index in [1.54, 1.807) is 12.1 Å². The Morgan fingerprint density at radius 2 is 1.69 bits per heavy atom. The third-order valence-corrected chi connectivity index (χ3v) is 6.62. The van der Waals surface area contributed by atoms with Crippen LogP contribution in [0.25, 0.3) is 0 Å². The lowest BCUT2D eigenvalue weighted by Gasteiger charge is -2.20. The van der Waals surface area contributed by atoms with Gasteiger partial charge in [0, 0.05) is 30.5 Å². The Kier molecular flexibility index (Phi) is 8.26. The van der Waals surface area contributed by atoms with Crippen LogP contribution in [0, 0.1) is 10.1 Å². The number of hydrazone groups is 1. The zero-order valence-corrected chi connectivity index (χ0v) is 20.5. The monoisotopic (exact) mass is 497 g/mol. The van der Waals surface area contributed by atoms with Crippen molar-refractivity contribution in [3.63, 3.8) is 0 Å². The van der Waals surface area contributed by atoms with Crippen LogP contribution in [0.1, 0.15) is 19.4 Å². The third-order valence-electron chi connectivity index (χ3n) is 5.24. The molecule has 0 aromatic heterocycles. The molecule has 0 atom stereocenters. The number of nitrogens with zero attached hydrogens (tertiary/aromatic N) is 3. The Balaban J connectivity index is 1.76. The summed E-state index contributed by atoms with van der Waals surface area (Å²) in [4.78, 5) is 12.9. The molecule has 0 unspecified atom stereocenters. The first-order chi connectivity index (χ1) is 16.8. The number of hydrogen-bond donors (Lipinski definition) is 2. The second-order valence-electron chi connectivity index (χ2n) is 7.40. The normalized spacial score (nSPS) is 11.3. The molecule has 0 aliphatic carbocycles. The fourth-order valence-corrected chi connectivity index (χ4v) is 4.41. The number of methoxy groups -OCH3 is 1. The first-order valence-corrected chi connectivity index (χ1v) is 12.3. The SMILES string of the molecule is CCN(CC)c1ccc(C=NNc2ccc(S(=O)(=O)Nc3ccc(OC)cc3)cc2[N+](=O)[O-])cc1. The van der Waals surface area contributed by atoms with Crippen molar-refractivity contribution < 1.29 is 18.1 Å². The molecule has 3 aromatic carbocycles. The molecule has 0 bridgehead atoms. The highest BCUT2D eigenvalue weighted by Gasteiger charge is 2.21. The van der Waals surface area contributed by atoms with Crippen LogP contribution < -0.4 is 19.8 Å². The number of anilines is 3. The van der Waals surface area contributed by atoms with Crippen LogP contribution in [-0.2, 0) is 10.0 Å². The van der Waals surface area contributed by atoms with Crippen LogP contribution in [0.4, 0.5) is 22.7 Å². The fraction of sp³-hybridized carbons (Fsp3) is 0.208. The van der Waals surface area contributed by atoms with Crippen molar-refractivity contribution in [1.29, 1.82) is 0 Å². The minimum atomic E-state index is -4.05. The lowest BCUT2D eigenvalue weighted by atomic mass is 10.2. The molecule has 2 N–H and O–H groups in total. The molecule has 0 aliphatic heterocycles. The van der Waals surface area contributed by atoms with Crippen LogP contribution in [0.2, 0.25) is 0 Å². The predicted molar refractivity (Wildman–Crippen MR) is 138 cm³/mol. The van der Waals surface area contributed by atoms with E-state index < -0.39 is 20.6 Å². The maximum atomic E-state index is 12.7. The quantitative estimate of drug-likeness (QED) is 0.223. The minimum Gasteiger partial charge on any atom is -0.497 e. The zero-order chi connectivity index (χ0) is 25.4. The molecule has 0 heterocycles. The molecular weight excluding hydrogens is 470 g/mol. The van der Waals surface area contributed by atoms with E-state index in [1.165, 1.54) is 37.6 Å². The summed E-state index contributed by atoms with van der Waals surface area (Å²) in [7, 11) is -2.55. The Labute approximate surface area is 204 Å². The summed E-state index contributed by atoms with van der Waals surface area (Å²) in [5.74, 6) is 0.569. The van der Waals surface area contributed by atoms with Gasteiger partial charge >= 0.3 is 0 Å². The molecule has 11 heteroatoms. The van der Waals surface area contributed by atoms with Crippen LogP contribution in [-0.4, -0.2) is 39.8 Å². The first kappa shape index (κ1) is 25.5. The maximum absolute atomic E-state index is 12.7. The highest BCUT2D eigenvalue weighted by atomic mass is 32.2. The Morgan fingerprint density at radius 1 is 1.03 bits per heavy atom. The van der Waals surface area contributed by atoms with Gasteiger partial charge in [-0.2, -0.15) is 5.10 Å². The average molecular weight is 498 g/mol. The number of nitrogens with one attached hydrogen (secondary N) is 2. The van der Waals surface area contributed by atoms with E-state index >= 15 is 0 Å². The van der Waals surface area contributed by atoms with Crippen LogP contribution in [0.3, 0.4) is 0 Å². The van der Waals surface area contributed by atoms with Gasteiger partial charge in [0.15, 0.2) is 0 Å². The standard InChI is InChI=1S/C24H27N5O5S/c1-4-28(5-2)20-10-6-18(7-11-20)17-25-26-23-15-14-22(16-24(23)29(30)31)35(32,33)27-19-8-12-21(34-3)13-9-19/h6-17,26-27H,4-5H2,1-3H3. The third kappa shape index (κ3) is 6.48. The molecule has 0 radical (unpaired) electrons. The van der Waals surface area contributed by atoms with Gasteiger partial charge in [0.05, 0.1) is 23.1 Å². The number of benzene rings is 3. The van der Waals surface area contributed by atoms with Gasteiger partial charge < -0.3 is 9.64 Å². The van der Waals surface area contributed by atoms with Crippen molar-refractivity contribution in [3.05, 3.63) is 82.4 Å². The molecule has 0 fully saturated rings. The van der Waals surface area contributed by atoms with Crippen molar-refractivity contribution in [3.8, 4) is 5.75 Å². The second-order valence-corrected chi connectivity index (χ2v) is 9.09. The van der Waals surface area contributed by atoms with Gasteiger partial charge in [-0.15, -0.1) is 0 Å². The van der Waals surface area contributed by atoms with E-state index in [1.807, 2.05) is 24.3 Å². The topological polar surface area (TPSA) is 126 Å². The summed E-state index contributed by atoms with van der Waals surface area (Å²) in [6, 6.07) is 17.6. The van der Waals surface area contributed by atoms with Gasteiger partial charge in [0.25, 0.3) is 15.7 Å². The molecule has 3 aromatic rings. The maximum Gasteiger partial charge on any atom is 0.295 e. The first-order valence-electron chi connectivity index (χ1n) is 10.9. The van der Waals surface area contributed by atoms with Gasteiger partial charge in [0.1, 0.15) is 11.4 Å². The van der Waals surface area contributed by atoms with Gasteiger partial charge in [-0.1, -0.05) is 12.1 Å². The Hall–Kier alpha value is -4.12. The summed E-state index contributed by atoms with van der Waals surface area (Å²) >= 11 is 0.